The zero-order valence-electron chi connectivity index (χ0n) is 15.2. The lowest BCUT2D eigenvalue weighted by molar-refractivity contribution is -0.127. The molecule has 1 aliphatic rings. The third kappa shape index (κ3) is 4.01. The van der Waals surface area contributed by atoms with E-state index in [1.54, 1.807) is 17.4 Å². The van der Waals surface area contributed by atoms with Crippen molar-refractivity contribution in [2.75, 3.05) is 13.1 Å². The molecule has 0 unspecified atom stereocenters. The Labute approximate surface area is 162 Å². The second kappa shape index (κ2) is 7.88. The Kier molecular flexibility index (Phi) is 5.16. The van der Waals surface area contributed by atoms with Gasteiger partial charge < -0.3 is 9.42 Å². The maximum absolute atomic E-state index is 12.4. The van der Waals surface area contributed by atoms with Crippen molar-refractivity contribution in [1.82, 2.24) is 15.0 Å². The van der Waals surface area contributed by atoms with Gasteiger partial charge in [0.1, 0.15) is 0 Å². The molecule has 3 aromatic rings. The first-order valence-electron chi connectivity index (χ1n) is 9.11. The van der Waals surface area contributed by atoms with E-state index >= 15 is 0 Å². The fourth-order valence-electron chi connectivity index (χ4n) is 3.33. The first-order chi connectivity index (χ1) is 13.2. The topological polar surface area (TPSA) is 59.2 Å². The summed E-state index contributed by atoms with van der Waals surface area (Å²) in [6.07, 6.45) is 5.22. The van der Waals surface area contributed by atoms with Crippen LogP contribution in [-0.4, -0.2) is 34.0 Å². The Bertz CT molecular complexity index is 938. The minimum atomic E-state index is 0.0629. The number of rotatable bonds is 4. The van der Waals surface area contributed by atoms with Gasteiger partial charge in [0.15, 0.2) is 0 Å². The van der Waals surface area contributed by atoms with Crippen molar-refractivity contribution in [1.29, 1.82) is 0 Å². The molecule has 0 spiro atoms. The summed E-state index contributed by atoms with van der Waals surface area (Å²) in [6.45, 7) is 3.46. The number of carbonyl (C=O) groups is 1. The molecule has 1 amide bonds. The molecule has 5 nitrogen and oxygen atoms in total. The van der Waals surface area contributed by atoms with Gasteiger partial charge in [-0.15, -0.1) is 11.3 Å². The average molecular weight is 379 g/mol. The van der Waals surface area contributed by atoms with Crippen molar-refractivity contribution in [2.24, 2.45) is 0 Å². The van der Waals surface area contributed by atoms with E-state index in [2.05, 4.69) is 10.1 Å². The number of hydrogen-bond donors (Lipinski definition) is 0. The van der Waals surface area contributed by atoms with Gasteiger partial charge in [0.2, 0.25) is 17.6 Å². The van der Waals surface area contributed by atoms with Gasteiger partial charge in [-0.3, -0.25) is 4.79 Å². The number of likely N-dealkylation sites (tertiary alicyclic amines) is 1. The predicted molar refractivity (Wildman–Crippen MR) is 106 cm³/mol. The van der Waals surface area contributed by atoms with Crippen LogP contribution in [0.1, 0.15) is 35.1 Å². The SMILES string of the molecule is Cc1ccccc1-c1noc(C2CCN(C(=O)/C=C/c3cccs3)CC2)n1. The van der Waals surface area contributed by atoms with Crippen LogP contribution in [0.15, 0.2) is 52.4 Å². The summed E-state index contributed by atoms with van der Waals surface area (Å²) >= 11 is 1.63. The summed E-state index contributed by atoms with van der Waals surface area (Å²) < 4.78 is 5.53. The minimum Gasteiger partial charge on any atom is -0.339 e. The van der Waals surface area contributed by atoms with E-state index in [0.717, 1.165) is 28.8 Å². The van der Waals surface area contributed by atoms with Crippen molar-refractivity contribution in [3.8, 4) is 11.4 Å². The number of thiophene rings is 1. The number of piperidine rings is 1. The summed E-state index contributed by atoms with van der Waals surface area (Å²) in [7, 11) is 0. The Balaban J connectivity index is 1.37. The lowest BCUT2D eigenvalue weighted by Crippen LogP contribution is -2.36. The third-order valence-corrected chi connectivity index (χ3v) is 5.75. The molecule has 0 saturated carbocycles. The first kappa shape index (κ1) is 17.7. The summed E-state index contributed by atoms with van der Waals surface area (Å²) in [4.78, 5) is 19.9. The standard InChI is InChI=1S/C21H21N3O2S/c1-15-5-2-3-7-18(15)20-22-21(26-23-20)16-10-12-24(13-11-16)19(25)9-8-17-6-4-14-27-17/h2-9,14,16H,10-13H2,1H3/b9-8+. The Morgan fingerprint density at radius 3 is 2.78 bits per heavy atom. The average Bonchev–Trinajstić information content (AvgIpc) is 3.39. The van der Waals surface area contributed by atoms with E-state index in [4.69, 9.17) is 4.52 Å². The maximum atomic E-state index is 12.4. The van der Waals surface area contributed by atoms with E-state index in [1.807, 2.05) is 59.7 Å². The van der Waals surface area contributed by atoms with E-state index in [0.29, 0.717) is 24.8 Å². The molecule has 4 rings (SSSR count). The highest BCUT2D eigenvalue weighted by atomic mass is 32.1. The monoisotopic (exact) mass is 379 g/mol. The van der Waals surface area contributed by atoms with Gasteiger partial charge in [-0.1, -0.05) is 35.5 Å². The van der Waals surface area contributed by atoms with Crippen LogP contribution in [0.3, 0.4) is 0 Å². The Morgan fingerprint density at radius 1 is 1.22 bits per heavy atom. The minimum absolute atomic E-state index is 0.0629. The summed E-state index contributed by atoms with van der Waals surface area (Å²) in [5, 5.41) is 6.16. The Morgan fingerprint density at radius 2 is 2.04 bits per heavy atom. The number of hydrogen-bond acceptors (Lipinski definition) is 5. The molecular formula is C21H21N3O2S. The van der Waals surface area contributed by atoms with Crippen LogP contribution < -0.4 is 0 Å². The maximum Gasteiger partial charge on any atom is 0.246 e. The molecule has 0 bridgehead atoms. The second-order valence-corrected chi connectivity index (χ2v) is 7.70. The number of carbonyl (C=O) groups excluding carboxylic acids is 1. The molecular weight excluding hydrogens is 358 g/mol. The largest absolute Gasteiger partial charge is 0.339 e. The van der Waals surface area contributed by atoms with Gasteiger partial charge in [-0.2, -0.15) is 4.98 Å². The Hall–Kier alpha value is -2.73. The van der Waals surface area contributed by atoms with Crippen molar-refractivity contribution in [3.05, 3.63) is 64.2 Å². The van der Waals surface area contributed by atoms with Crippen LogP contribution in [0.4, 0.5) is 0 Å². The zero-order chi connectivity index (χ0) is 18.6. The normalized spacial score (nSPS) is 15.5. The zero-order valence-corrected chi connectivity index (χ0v) is 16.0. The first-order valence-corrected chi connectivity index (χ1v) is 9.99. The summed E-state index contributed by atoms with van der Waals surface area (Å²) in [5.74, 6) is 1.59. The van der Waals surface area contributed by atoms with E-state index in [-0.39, 0.29) is 11.8 Å². The second-order valence-electron chi connectivity index (χ2n) is 6.72. The molecule has 6 heteroatoms. The number of aromatic nitrogens is 2. The lowest BCUT2D eigenvalue weighted by Gasteiger charge is -2.29. The van der Waals surface area contributed by atoms with Gasteiger partial charge in [0.25, 0.3) is 0 Å². The van der Waals surface area contributed by atoms with Crippen LogP contribution in [-0.2, 0) is 4.79 Å². The van der Waals surface area contributed by atoms with Gasteiger partial charge in [-0.25, -0.2) is 0 Å². The number of amides is 1. The molecule has 2 aromatic heterocycles. The van der Waals surface area contributed by atoms with Gasteiger partial charge in [0.05, 0.1) is 0 Å². The molecule has 0 aliphatic carbocycles. The van der Waals surface area contributed by atoms with Crippen LogP contribution in [0, 0.1) is 6.92 Å². The molecule has 1 aliphatic heterocycles. The van der Waals surface area contributed by atoms with Crippen molar-refractivity contribution < 1.29 is 9.32 Å². The third-order valence-electron chi connectivity index (χ3n) is 4.92. The van der Waals surface area contributed by atoms with E-state index < -0.39 is 0 Å². The van der Waals surface area contributed by atoms with Crippen molar-refractivity contribution in [3.63, 3.8) is 0 Å². The lowest BCUT2D eigenvalue weighted by atomic mass is 9.96. The molecule has 0 N–H and O–H groups in total. The molecule has 27 heavy (non-hydrogen) atoms. The van der Waals surface area contributed by atoms with Crippen molar-refractivity contribution >= 4 is 23.3 Å². The molecule has 0 atom stereocenters. The number of nitrogens with zero attached hydrogens (tertiary/aromatic N) is 3. The molecule has 1 fully saturated rings. The highest BCUT2D eigenvalue weighted by molar-refractivity contribution is 7.10. The highest BCUT2D eigenvalue weighted by Crippen LogP contribution is 2.29. The molecule has 0 radical (unpaired) electrons. The summed E-state index contributed by atoms with van der Waals surface area (Å²) in [6, 6.07) is 12.0. The highest BCUT2D eigenvalue weighted by Gasteiger charge is 2.27. The van der Waals surface area contributed by atoms with Crippen LogP contribution >= 0.6 is 11.3 Å². The van der Waals surface area contributed by atoms with Crippen LogP contribution in [0.5, 0.6) is 0 Å². The molecule has 1 saturated heterocycles. The van der Waals surface area contributed by atoms with Crippen molar-refractivity contribution in [2.45, 2.75) is 25.7 Å². The predicted octanol–water partition coefficient (Wildman–Crippen LogP) is 4.53. The van der Waals surface area contributed by atoms with E-state index in [1.165, 1.54) is 0 Å². The van der Waals surface area contributed by atoms with E-state index in [9.17, 15) is 4.79 Å². The molecule has 1 aromatic carbocycles. The molecule has 138 valence electrons. The van der Waals surface area contributed by atoms with Gasteiger partial charge >= 0.3 is 0 Å². The fraction of sp³-hybridized carbons (Fsp3) is 0.286. The molecule has 3 heterocycles. The van der Waals surface area contributed by atoms with Crippen LogP contribution in [0.25, 0.3) is 17.5 Å². The number of benzene rings is 1. The number of aryl methyl sites for hydroxylation is 1. The van der Waals surface area contributed by atoms with Gasteiger partial charge in [-0.05, 0) is 42.9 Å². The fourth-order valence-corrected chi connectivity index (χ4v) is 3.94. The summed E-state index contributed by atoms with van der Waals surface area (Å²) in [5.41, 5.74) is 2.13. The van der Waals surface area contributed by atoms with Crippen LogP contribution in [0.2, 0.25) is 0 Å². The smallest absolute Gasteiger partial charge is 0.246 e. The van der Waals surface area contributed by atoms with Gasteiger partial charge in [0, 0.05) is 35.5 Å². The quantitative estimate of drug-likeness (QED) is 0.625.